The van der Waals surface area contributed by atoms with Crippen molar-refractivity contribution in [1.82, 2.24) is 4.90 Å². The van der Waals surface area contributed by atoms with Crippen LogP contribution in [-0.2, 0) is 4.74 Å². The highest BCUT2D eigenvalue weighted by Crippen LogP contribution is 2.26. The standard InChI is InChI=1S/C14H21N3O4/c1-11(10-16-3-5-21-6-4-16)15-12-7-13(17(18)19)9-14(8-12)20-2/h7-9,11,15H,3-6,10H2,1-2H3. The molecule has 2 rings (SSSR count). The third-order valence-corrected chi connectivity index (χ3v) is 3.39. The normalized spacial score (nSPS) is 17.2. The Morgan fingerprint density at radius 1 is 1.43 bits per heavy atom. The molecule has 21 heavy (non-hydrogen) atoms. The lowest BCUT2D eigenvalue weighted by Crippen LogP contribution is -2.42. The van der Waals surface area contributed by atoms with E-state index in [2.05, 4.69) is 17.1 Å². The van der Waals surface area contributed by atoms with Gasteiger partial charge in [-0.25, -0.2) is 0 Å². The number of hydrogen-bond acceptors (Lipinski definition) is 6. The number of hydrogen-bond donors (Lipinski definition) is 1. The van der Waals surface area contributed by atoms with E-state index < -0.39 is 4.92 Å². The number of nitrogens with zero attached hydrogens (tertiary/aromatic N) is 2. The van der Waals surface area contributed by atoms with E-state index in [-0.39, 0.29) is 11.7 Å². The van der Waals surface area contributed by atoms with Crippen molar-refractivity contribution in [1.29, 1.82) is 0 Å². The lowest BCUT2D eigenvalue weighted by atomic mass is 10.2. The van der Waals surface area contributed by atoms with Gasteiger partial charge in [0, 0.05) is 43.5 Å². The Bertz CT molecular complexity index is 489. The van der Waals surface area contributed by atoms with Gasteiger partial charge in [-0.05, 0) is 6.92 Å². The Morgan fingerprint density at radius 2 is 2.14 bits per heavy atom. The van der Waals surface area contributed by atoms with Crippen LogP contribution in [0.25, 0.3) is 0 Å². The van der Waals surface area contributed by atoms with E-state index in [9.17, 15) is 10.1 Å². The Balaban J connectivity index is 2.00. The van der Waals surface area contributed by atoms with Crippen molar-refractivity contribution in [3.63, 3.8) is 0 Å². The molecule has 0 saturated carbocycles. The highest BCUT2D eigenvalue weighted by molar-refractivity contribution is 5.56. The molecule has 0 aliphatic carbocycles. The van der Waals surface area contributed by atoms with Gasteiger partial charge in [-0.2, -0.15) is 0 Å². The zero-order valence-electron chi connectivity index (χ0n) is 12.4. The van der Waals surface area contributed by atoms with Crippen LogP contribution < -0.4 is 10.1 Å². The van der Waals surface area contributed by atoms with Crippen LogP contribution in [0.2, 0.25) is 0 Å². The maximum atomic E-state index is 10.9. The van der Waals surface area contributed by atoms with Crippen molar-refractivity contribution in [3.05, 3.63) is 28.3 Å². The van der Waals surface area contributed by atoms with Gasteiger partial charge in [-0.3, -0.25) is 15.0 Å². The second kappa shape index (κ2) is 7.24. The summed E-state index contributed by atoms with van der Waals surface area (Å²) in [5.41, 5.74) is 0.720. The number of anilines is 1. The fourth-order valence-corrected chi connectivity index (χ4v) is 2.39. The first kappa shape index (κ1) is 15.5. The molecule has 1 aliphatic heterocycles. The first-order valence-corrected chi connectivity index (χ1v) is 6.98. The van der Waals surface area contributed by atoms with Gasteiger partial charge in [0.25, 0.3) is 5.69 Å². The summed E-state index contributed by atoms with van der Waals surface area (Å²) in [4.78, 5) is 12.8. The van der Waals surface area contributed by atoms with E-state index in [1.807, 2.05) is 0 Å². The SMILES string of the molecule is COc1cc(NC(C)CN2CCOCC2)cc([N+](=O)[O-])c1. The number of rotatable bonds is 6. The molecular weight excluding hydrogens is 274 g/mol. The number of ether oxygens (including phenoxy) is 2. The number of nitro groups is 1. The molecule has 1 atom stereocenters. The zero-order valence-corrected chi connectivity index (χ0v) is 12.4. The summed E-state index contributed by atoms with van der Waals surface area (Å²) in [5.74, 6) is 0.477. The van der Waals surface area contributed by atoms with Crippen LogP contribution in [0.15, 0.2) is 18.2 Å². The van der Waals surface area contributed by atoms with Gasteiger partial charge in [0.1, 0.15) is 5.75 Å². The number of benzene rings is 1. The smallest absolute Gasteiger partial charge is 0.275 e. The molecule has 1 saturated heterocycles. The van der Waals surface area contributed by atoms with E-state index in [0.29, 0.717) is 11.4 Å². The van der Waals surface area contributed by atoms with Crippen molar-refractivity contribution < 1.29 is 14.4 Å². The molecule has 1 N–H and O–H groups in total. The predicted octanol–water partition coefficient (Wildman–Crippen LogP) is 1.74. The average molecular weight is 295 g/mol. The Kier molecular flexibility index (Phi) is 5.35. The van der Waals surface area contributed by atoms with Gasteiger partial charge in [-0.1, -0.05) is 0 Å². The number of morpholine rings is 1. The monoisotopic (exact) mass is 295 g/mol. The van der Waals surface area contributed by atoms with E-state index in [1.54, 1.807) is 6.07 Å². The molecule has 1 aliphatic rings. The molecule has 1 unspecified atom stereocenters. The molecule has 7 nitrogen and oxygen atoms in total. The second-order valence-electron chi connectivity index (χ2n) is 5.14. The molecule has 1 aromatic carbocycles. The van der Waals surface area contributed by atoms with Crippen LogP contribution in [0.5, 0.6) is 5.75 Å². The molecule has 1 fully saturated rings. The van der Waals surface area contributed by atoms with E-state index in [4.69, 9.17) is 9.47 Å². The Morgan fingerprint density at radius 3 is 2.76 bits per heavy atom. The molecule has 0 radical (unpaired) electrons. The van der Waals surface area contributed by atoms with E-state index >= 15 is 0 Å². The minimum absolute atomic E-state index is 0.0235. The van der Waals surface area contributed by atoms with Gasteiger partial charge in [-0.15, -0.1) is 0 Å². The minimum atomic E-state index is -0.416. The van der Waals surface area contributed by atoms with Gasteiger partial charge in [0.05, 0.1) is 31.3 Å². The number of nitrogens with one attached hydrogen (secondary N) is 1. The summed E-state index contributed by atoms with van der Waals surface area (Å²) < 4.78 is 10.4. The van der Waals surface area contributed by atoms with Gasteiger partial charge in [0.15, 0.2) is 0 Å². The fourth-order valence-electron chi connectivity index (χ4n) is 2.39. The molecule has 7 heteroatoms. The topological polar surface area (TPSA) is 76.9 Å². The first-order chi connectivity index (χ1) is 10.1. The van der Waals surface area contributed by atoms with Crippen molar-refractivity contribution in [2.24, 2.45) is 0 Å². The molecule has 0 aromatic heterocycles. The lowest BCUT2D eigenvalue weighted by Gasteiger charge is -2.29. The van der Waals surface area contributed by atoms with Crippen molar-refractivity contribution in [3.8, 4) is 5.75 Å². The lowest BCUT2D eigenvalue weighted by molar-refractivity contribution is -0.384. The maximum absolute atomic E-state index is 10.9. The molecular formula is C14H21N3O4. The summed E-state index contributed by atoms with van der Waals surface area (Å²) in [6, 6.07) is 4.88. The van der Waals surface area contributed by atoms with Crippen LogP contribution in [0.4, 0.5) is 11.4 Å². The van der Waals surface area contributed by atoms with Crippen molar-refractivity contribution >= 4 is 11.4 Å². The maximum Gasteiger partial charge on any atom is 0.275 e. The molecule has 116 valence electrons. The summed E-state index contributed by atoms with van der Waals surface area (Å²) in [7, 11) is 1.50. The predicted molar refractivity (Wildman–Crippen MR) is 80.0 cm³/mol. The number of non-ortho nitro benzene ring substituents is 1. The zero-order chi connectivity index (χ0) is 15.2. The largest absolute Gasteiger partial charge is 0.496 e. The van der Waals surface area contributed by atoms with E-state index in [0.717, 1.165) is 32.8 Å². The highest BCUT2D eigenvalue weighted by Gasteiger charge is 2.15. The third kappa shape index (κ3) is 4.57. The molecule has 1 heterocycles. The summed E-state index contributed by atoms with van der Waals surface area (Å²) in [5, 5.41) is 14.2. The third-order valence-electron chi connectivity index (χ3n) is 3.39. The van der Waals surface area contributed by atoms with Gasteiger partial charge >= 0.3 is 0 Å². The summed E-state index contributed by atoms with van der Waals surface area (Å²) in [6.07, 6.45) is 0. The van der Waals surface area contributed by atoms with E-state index in [1.165, 1.54) is 19.2 Å². The number of methoxy groups -OCH3 is 1. The number of nitro benzene ring substituents is 1. The van der Waals surface area contributed by atoms with Crippen LogP contribution in [0, 0.1) is 10.1 Å². The van der Waals surface area contributed by atoms with Gasteiger partial charge in [0.2, 0.25) is 0 Å². The quantitative estimate of drug-likeness (QED) is 0.636. The summed E-state index contributed by atoms with van der Waals surface area (Å²) in [6.45, 7) is 6.29. The highest BCUT2D eigenvalue weighted by atomic mass is 16.6. The molecule has 0 amide bonds. The van der Waals surface area contributed by atoms with Crippen molar-refractivity contribution in [2.75, 3.05) is 45.3 Å². The Hall–Kier alpha value is -1.86. The Labute approximate surface area is 124 Å². The second-order valence-corrected chi connectivity index (χ2v) is 5.14. The molecule has 0 spiro atoms. The van der Waals surface area contributed by atoms with Gasteiger partial charge < -0.3 is 14.8 Å². The van der Waals surface area contributed by atoms with Crippen LogP contribution in [-0.4, -0.2) is 55.8 Å². The van der Waals surface area contributed by atoms with Crippen LogP contribution in [0.3, 0.4) is 0 Å². The first-order valence-electron chi connectivity index (χ1n) is 6.98. The molecule has 0 bridgehead atoms. The fraction of sp³-hybridized carbons (Fsp3) is 0.571. The summed E-state index contributed by atoms with van der Waals surface area (Å²) >= 11 is 0. The minimum Gasteiger partial charge on any atom is -0.496 e. The van der Waals surface area contributed by atoms with Crippen LogP contribution in [0.1, 0.15) is 6.92 Å². The molecule has 1 aromatic rings. The van der Waals surface area contributed by atoms with Crippen LogP contribution >= 0.6 is 0 Å². The van der Waals surface area contributed by atoms with Crippen molar-refractivity contribution in [2.45, 2.75) is 13.0 Å². The average Bonchev–Trinajstić information content (AvgIpc) is 2.47.